The van der Waals surface area contributed by atoms with Gasteiger partial charge in [-0.15, -0.1) is 5.10 Å². The number of rotatable bonds is 11. The highest BCUT2D eigenvalue weighted by Crippen LogP contribution is 2.34. The maximum absolute atomic E-state index is 14.4. The Morgan fingerprint density at radius 3 is 2.44 bits per heavy atom. The van der Waals surface area contributed by atoms with Gasteiger partial charge in [0.05, 0.1) is 18.2 Å². The molecule has 0 saturated carbocycles. The molecule has 5 aromatic rings. The molecule has 9 heteroatoms. The van der Waals surface area contributed by atoms with E-state index in [4.69, 9.17) is 4.74 Å². The second kappa shape index (κ2) is 13.5. The molecule has 0 radical (unpaired) electrons. The van der Waals surface area contributed by atoms with Crippen LogP contribution < -0.4 is 5.56 Å². The Kier molecular flexibility index (Phi) is 9.05. The third kappa shape index (κ3) is 6.12. The average Bonchev–Trinajstić information content (AvgIpc) is 3.70. The molecule has 0 fully saturated rings. The fraction of sp³-hybridized carbons (Fsp3) is 0.361. The molecule has 232 valence electrons. The Morgan fingerprint density at radius 2 is 1.71 bits per heavy atom. The number of H-pyrrole nitrogens is 1. The molecule has 2 atom stereocenters. The van der Waals surface area contributed by atoms with Crippen LogP contribution in [-0.4, -0.2) is 42.6 Å². The lowest BCUT2D eigenvalue weighted by molar-refractivity contribution is 0.0524. The molecule has 3 heterocycles. The average molecular weight is 605 g/mol. The molecule has 9 nitrogen and oxygen atoms in total. The van der Waals surface area contributed by atoms with Gasteiger partial charge in [-0.3, -0.25) is 9.48 Å². The van der Waals surface area contributed by atoms with Crippen molar-refractivity contribution in [2.24, 2.45) is 0 Å². The lowest BCUT2D eigenvalue weighted by Crippen LogP contribution is -2.35. The Labute approximate surface area is 263 Å². The van der Waals surface area contributed by atoms with Gasteiger partial charge in [0.25, 0.3) is 5.56 Å². The Balaban J connectivity index is 1.34. The molecule has 0 amide bonds. The predicted molar refractivity (Wildman–Crippen MR) is 174 cm³/mol. The maximum Gasteiger partial charge on any atom is 0.338 e. The van der Waals surface area contributed by atoms with E-state index in [1.807, 2.05) is 54.1 Å². The molecule has 1 aliphatic heterocycles. The standard InChI is InChI=1S/C36H40N6O3/c1-4-6-15-33-32(22-25-17-19-26(20-18-25)29-12-9-10-14-31(29)34-37-39-40-38-34)35(43)42-28(21-16-24(3)41(33)42)23-27-11-7-8-13-30(27)36(44)45-5-2/h7-14,17-20,24,28H,4-6,15-16,21-23H2,1-3H3,(H,37,38,39,40). The van der Waals surface area contributed by atoms with Gasteiger partial charge in [-0.2, -0.15) is 0 Å². The van der Waals surface area contributed by atoms with E-state index < -0.39 is 0 Å². The summed E-state index contributed by atoms with van der Waals surface area (Å²) in [5.74, 6) is 0.309. The number of unbranched alkanes of at least 4 members (excludes halogenated alkanes) is 1. The summed E-state index contributed by atoms with van der Waals surface area (Å²) in [7, 11) is 0. The number of carbonyl (C=O) groups excluding carboxylic acids is 1. The number of carbonyl (C=O) groups is 1. The van der Waals surface area contributed by atoms with Gasteiger partial charge >= 0.3 is 5.97 Å². The summed E-state index contributed by atoms with van der Waals surface area (Å²) in [6, 6.07) is 24.3. The highest BCUT2D eigenvalue weighted by atomic mass is 16.5. The van der Waals surface area contributed by atoms with Gasteiger partial charge < -0.3 is 4.74 Å². The summed E-state index contributed by atoms with van der Waals surface area (Å²) in [5.41, 5.74) is 7.71. The minimum absolute atomic E-state index is 0.0390. The normalized spacial score (nSPS) is 16.0. The van der Waals surface area contributed by atoms with Gasteiger partial charge in [-0.25, -0.2) is 14.6 Å². The third-order valence-corrected chi connectivity index (χ3v) is 8.91. The van der Waals surface area contributed by atoms with E-state index in [-0.39, 0.29) is 23.6 Å². The van der Waals surface area contributed by atoms with Crippen molar-refractivity contribution >= 4 is 5.97 Å². The fourth-order valence-corrected chi connectivity index (χ4v) is 6.68. The number of benzene rings is 3. The van der Waals surface area contributed by atoms with Crippen LogP contribution in [-0.2, 0) is 24.0 Å². The first-order valence-electron chi connectivity index (χ1n) is 16.0. The van der Waals surface area contributed by atoms with Crippen molar-refractivity contribution in [3.05, 3.63) is 111 Å². The van der Waals surface area contributed by atoms with Gasteiger partial charge in [0, 0.05) is 29.3 Å². The van der Waals surface area contributed by atoms with Crippen LogP contribution >= 0.6 is 0 Å². The Morgan fingerprint density at radius 1 is 0.956 bits per heavy atom. The summed E-state index contributed by atoms with van der Waals surface area (Å²) < 4.78 is 9.63. The van der Waals surface area contributed by atoms with Crippen molar-refractivity contribution in [1.82, 2.24) is 30.0 Å². The van der Waals surface area contributed by atoms with Crippen LogP contribution in [0.25, 0.3) is 22.5 Å². The van der Waals surface area contributed by atoms with Crippen molar-refractivity contribution in [1.29, 1.82) is 0 Å². The van der Waals surface area contributed by atoms with Crippen molar-refractivity contribution < 1.29 is 9.53 Å². The molecule has 0 spiro atoms. The van der Waals surface area contributed by atoms with Gasteiger partial charge in [0.15, 0.2) is 5.82 Å². The topological polar surface area (TPSA) is 108 Å². The zero-order valence-corrected chi connectivity index (χ0v) is 26.2. The van der Waals surface area contributed by atoms with Crippen molar-refractivity contribution in [2.75, 3.05) is 6.61 Å². The maximum atomic E-state index is 14.4. The molecule has 0 aliphatic carbocycles. The first kappa shape index (κ1) is 30.2. The molecule has 1 aliphatic rings. The molecule has 3 aromatic carbocycles. The molecule has 45 heavy (non-hydrogen) atoms. The second-order valence-corrected chi connectivity index (χ2v) is 11.9. The zero-order chi connectivity index (χ0) is 31.3. The summed E-state index contributed by atoms with van der Waals surface area (Å²) in [6.07, 6.45) is 5.97. The molecule has 2 aromatic heterocycles. The van der Waals surface area contributed by atoms with Crippen LogP contribution in [0.1, 0.15) is 91.3 Å². The SMILES string of the molecule is CCCCc1c(Cc2ccc(-c3ccccc3-c3nnn[nH]3)cc2)c(=O)n2n1C(C)CCC2Cc1ccccc1C(=O)OCC. The van der Waals surface area contributed by atoms with E-state index in [0.29, 0.717) is 30.8 Å². The first-order chi connectivity index (χ1) is 22.0. The van der Waals surface area contributed by atoms with Crippen LogP contribution in [0, 0.1) is 0 Å². The highest BCUT2D eigenvalue weighted by molar-refractivity contribution is 5.91. The molecular weight excluding hydrogens is 564 g/mol. The molecule has 0 bridgehead atoms. The number of aromatic nitrogens is 6. The number of fused-ring (bicyclic) bond motifs is 1. The van der Waals surface area contributed by atoms with Crippen LogP contribution in [0.3, 0.4) is 0 Å². The van der Waals surface area contributed by atoms with Crippen LogP contribution in [0.5, 0.6) is 0 Å². The molecule has 2 unspecified atom stereocenters. The van der Waals surface area contributed by atoms with Gasteiger partial charge in [0.2, 0.25) is 0 Å². The molecule has 0 saturated heterocycles. The summed E-state index contributed by atoms with van der Waals surface area (Å²) in [6.45, 7) is 6.55. The predicted octanol–water partition coefficient (Wildman–Crippen LogP) is 6.75. The first-order valence-corrected chi connectivity index (χ1v) is 16.0. The van der Waals surface area contributed by atoms with E-state index in [0.717, 1.165) is 71.2 Å². The Bertz CT molecular complexity index is 1820. The molecule has 1 N–H and O–H groups in total. The number of esters is 1. The summed E-state index contributed by atoms with van der Waals surface area (Å²) >= 11 is 0. The lowest BCUT2D eigenvalue weighted by Gasteiger charge is -2.33. The number of hydrogen-bond donors (Lipinski definition) is 1. The van der Waals surface area contributed by atoms with E-state index in [1.54, 1.807) is 0 Å². The van der Waals surface area contributed by atoms with Crippen molar-refractivity contribution in [3.63, 3.8) is 0 Å². The van der Waals surface area contributed by atoms with Gasteiger partial charge in [0.1, 0.15) is 0 Å². The minimum Gasteiger partial charge on any atom is -0.462 e. The second-order valence-electron chi connectivity index (χ2n) is 11.9. The quantitative estimate of drug-likeness (QED) is 0.167. The number of tetrazole rings is 1. The van der Waals surface area contributed by atoms with Crippen LogP contribution in [0.4, 0.5) is 0 Å². The number of nitrogens with one attached hydrogen (secondary N) is 1. The number of aromatic amines is 1. The molecule has 6 rings (SSSR count). The summed E-state index contributed by atoms with van der Waals surface area (Å²) in [5, 5.41) is 14.4. The molecular formula is C36H40N6O3. The Hall–Kier alpha value is -4.79. The van der Waals surface area contributed by atoms with Crippen molar-refractivity contribution in [3.8, 4) is 22.5 Å². The van der Waals surface area contributed by atoms with Crippen LogP contribution in [0.15, 0.2) is 77.6 Å². The van der Waals surface area contributed by atoms with Gasteiger partial charge in [-0.1, -0.05) is 80.1 Å². The van der Waals surface area contributed by atoms with Crippen LogP contribution in [0.2, 0.25) is 0 Å². The third-order valence-electron chi connectivity index (χ3n) is 8.91. The largest absolute Gasteiger partial charge is 0.462 e. The van der Waals surface area contributed by atoms with E-state index in [1.165, 1.54) is 0 Å². The monoisotopic (exact) mass is 604 g/mol. The summed E-state index contributed by atoms with van der Waals surface area (Å²) in [4.78, 5) is 27.1. The smallest absolute Gasteiger partial charge is 0.338 e. The minimum atomic E-state index is -0.312. The highest BCUT2D eigenvalue weighted by Gasteiger charge is 2.32. The van der Waals surface area contributed by atoms with Crippen molar-refractivity contribution in [2.45, 2.75) is 77.8 Å². The lowest BCUT2D eigenvalue weighted by atomic mass is 9.95. The fourth-order valence-electron chi connectivity index (χ4n) is 6.68. The van der Waals surface area contributed by atoms with Gasteiger partial charge in [-0.05, 0) is 84.7 Å². The van der Waals surface area contributed by atoms with E-state index in [2.05, 4.69) is 69.5 Å². The van der Waals surface area contributed by atoms with E-state index in [9.17, 15) is 9.59 Å². The number of nitrogens with zero attached hydrogens (tertiary/aromatic N) is 5. The number of hydrogen-bond acceptors (Lipinski definition) is 6. The zero-order valence-electron chi connectivity index (χ0n) is 26.2. The van der Waals surface area contributed by atoms with E-state index >= 15 is 0 Å². The number of ether oxygens (including phenoxy) is 1.